The fourth-order valence-electron chi connectivity index (χ4n) is 3.03. The standard InChI is InChI=1S/C20H19O4P/c21-16-11-18(14-6-4-13(5-7-14)3-1-2-10-25)24-19-15(16)8-9-17-20(19)23-12-22-17/h4-9,11H,1-3,10,12,25H2. The molecule has 128 valence electrons. The molecule has 1 aliphatic rings. The van der Waals surface area contributed by atoms with Crippen molar-refractivity contribution in [2.45, 2.75) is 19.3 Å². The molecule has 0 saturated carbocycles. The predicted molar refractivity (Wildman–Crippen MR) is 102 cm³/mol. The Morgan fingerprint density at radius 3 is 2.64 bits per heavy atom. The van der Waals surface area contributed by atoms with Crippen molar-refractivity contribution in [3.05, 3.63) is 58.3 Å². The maximum Gasteiger partial charge on any atom is 0.231 e. The largest absolute Gasteiger partial charge is 0.453 e. The molecule has 3 aromatic rings. The van der Waals surface area contributed by atoms with E-state index in [4.69, 9.17) is 13.9 Å². The van der Waals surface area contributed by atoms with Crippen LogP contribution in [0.2, 0.25) is 0 Å². The minimum absolute atomic E-state index is 0.0842. The molecule has 5 heteroatoms. The number of rotatable bonds is 5. The van der Waals surface area contributed by atoms with Gasteiger partial charge in [-0.1, -0.05) is 24.3 Å². The van der Waals surface area contributed by atoms with Gasteiger partial charge in [0.05, 0.1) is 5.39 Å². The first-order valence-corrected chi connectivity index (χ1v) is 9.24. The fourth-order valence-corrected chi connectivity index (χ4v) is 3.32. The van der Waals surface area contributed by atoms with Crippen molar-refractivity contribution in [3.8, 4) is 22.8 Å². The van der Waals surface area contributed by atoms with Gasteiger partial charge in [-0.15, -0.1) is 9.24 Å². The molecule has 0 bridgehead atoms. The molecule has 0 amide bonds. The van der Waals surface area contributed by atoms with Crippen LogP contribution in [0.3, 0.4) is 0 Å². The second kappa shape index (κ2) is 6.89. The molecule has 4 rings (SSSR count). The van der Waals surface area contributed by atoms with Crippen LogP contribution >= 0.6 is 9.24 Å². The monoisotopic (exact) mass is 354 g/mol. The normalized spacial score (nSPS) is 12.7. The molecule has 0 aliphatic carbocycles. The van der Waals surface area contributed by atoms with E-state index in [0.29, 0.717) is 28.2 Å². The molecule has 0 saturated heterocycles. The number of benzene rings is 2. The third-order valence-electron chi connectivity index (χ3n) is 4.39. The van der Waals surface area contributed by atoms with Gasteiger partial charge in [-0.25, -0.2) is 0 Å². The topological polar surface area (TPSA) is 48.7 Å². The molecule has 25 heavy (non-hydrogen) atoms. The number of hydrogen-bond donors (Lipinski definition) is 0. The van der Waals surface area contributed by atoms with Crippen LogP contribution in [-0.2, 0) is 6.42 Å². The van der Waals surface area contributed by atoms with Crippen molar-refractivity contribution in [1.29, 1.82) is 0 Å². The Morgan fingerprint density at radius 2 is 1.84 bits per heavy atom. The molecule has 1 aromatic heterocycles. The van der Waals surface area contributed by atoms with Gasteiger partial charge in [0.2, 0.25) is 12.5 Å². The van der Waals surface area contributed by atoms with E-state index in [1.807, 2.05) is 12.1 Å². The van der Waals surface area contributed by atoms with Gasteiger partial charge in [-0.2, -0.15) is 0 Å². The molecule has 0 radical (unpaired) electrons. The number of unbranched alkanes of at least 4 members (excludes halogenated alkanes) is 1. The Kier molecular flexibility index (Phi) is 4.46. The molecule has 2 heterocycles. The van der Waals surface area contributed by atoms with Crippen LogP contribution in [0.1, 0.15) is 18.4 Å². The second-order valence-electron chi connectivity index (χ2n) is 6.09. The summed E-state index contributed by atoms with van der Waals surface area (Å²) in [5.41, 5.74) is 2.54. The van der Waals surface area contributed by atoms with Crippen molar-refractivity contribution < 1.29 is 13.9 Å². The van der Waals surface area contributed by atoms with Crippen molar-refractivity contribution >= 4 is 20.2 Å². The lowest BCUT2D eigenvalue weighted by Crippen LogP contribution is -2.01. The molecule has 2 aromatic carbocycles. The van der Waals surface area contributed by atoms with Crippen LogP contribution in [0.4, 0.5) is 0 Å². The lowest BCUT2D eigenvalue weighted by Gasteiger charge is -2.06. The van der Waals surface area contributed by atoms with Gasteiger partial charge in [-0.3, -0.25) is 4.79 Å². The predicted octanol–water partition coefficient (Wildman–Crippen LogP) is 4.39. The highest BCUT2D eigenvalue weighted by Crippen LogP contribution is 2.39. The quantitative estimate of drug-likeness (QED) is 0.504. The summed E-state index contributed by atoms with van der Waals surface area (Å²) in [5, 5.41) is 0.502. The van der Waals surface area contributed by atoms with Gasteiger partial charge in [-0.05, 0) is 43.1 Å². The smallest absolute Gasteiger partial charge is 0.231 e. The third-order valence-corrected chi connectivity index (χ3v) is 4.80. The highest BCUT2D eigenvalue weighted by molar-refractivity contribution is 7.16. The summed E-state index contributed by atoms with van der Waals surface area (Å²) in [4.78, 5) is 12.5. The minimum Gasteiger partial charge on any atom is -0.453 e. The van der Waals surface area contributed by atoms with E-state index in [1.54, 1.807) is 12.1 Å². The molecule has 1 unspecified atom stereocenters. The molecule has 1 atom stereocenters. The SMILES string of the molecule is O=c1cc(-c2ccc(CCCCP)cc2)oc2c3c(ccc12)OCO3. The number of ether oxygens (including phenoxy) is 2. The molecule has 4 nitrogen and oxygen atoms in total. The lowest BCUT2D eigenvalue weighted by atomic mass is 10.0. The van der Waals surface area contributed by atoms with E-state index in [-0.39, 0.29) is 12.2 Å². The summed E-state index contributed by atoms with van der Waals surface area (Å²) in [6.45, 7) is 0.146. The number of aryl methyl sites for hydroxylation is 1. The number of fused-ring (bicyclic) bond motifs is 3. The minimum atomic E-state index is -0.0842. The summed E-state index contributed by atoms with van der Waals surface area (Å²) >= 11 is 0. The fraction of sp³-hybridized carbons (Fsp3) is 0.250. The average Bonchev–Trinajstić information content (AvgIpc) is 3.12. The van der Waals surface area contributed by atoms with Crippen molar-refractivity contribution in [2.75, 3.05) is 13.0 Å². The Labute approximate surface area is 148 Å². The summed E-state index contributed by atoms with van der Waals surface area (Å²) in [6.07, 6.45) is 4.59. The number of hydrogen-bond acceptors (Lipinski definition) is 4. The van der Waals surface area contributed by atoms with E-state index < -0.39 is 0 Å². The van der Waals surface area contributed by atoms with Crippen LogP contribution in [0.25, 0.3) is 22.3 Å². The van der Waals surface area contributed by atoms with Gasteiger partial charge in [0, 0.05) is 11.6 Å². The first-order chi connectivity index (χ1) is 12.3. The Hall–Kier alpha value is -2.32. The van der Waals surface area contributed by atoms with E-state index in [2.05, 4.69) is 21.4 Å². The molecular weight excluding hydrogens is 335 g/mol. The molecule has 0 spiro atoms. The highest BCUT2D eigenvalue weighted by Gasteiger charge is 2.20. The van der Waals surface area contributed by atoms with Crippen LogP contribution in [0.5, 0.6) is 11.5 Å². The summed E-state index contributed by atoms with van der Waals surface area (Å²) in [5.74, 6) is 1.65. The highest BCUT2D eigenvalue weighted by atomic mass is 31.0. The Morgan fingerprint density at radius 1 is 1.00 bits per heavy atom. The zero-order valence-corrected chi connectivity index (χ0v) is 14.9. The Bertz CT molecular complexity index is 960. The van der Waals surface area contributed by atoms with Gasteiger partial charge < -0.3 is 13.9 Å². The van der Waals surface area contributed by atoms with E-state index in [1.165, 1.54) is 24.5 Å². The zero-order chi connectivity index (χ0) is 17.2. The maximum atomic E-state index is 12.5. The lowest BCUT2D eigenvalue weighted by molar-refractivity contribution is 0.174. The summed E-state index contributed by atoms with van der Waals surface area (Å²) in [6, 6.07) is 13.2. The van der Waals surface area contributed by atoms with E-state index in [0.717, 1.165) is 18.1 Å². The van der Waals surface area contributed by atoms with Crippen molar-refractivity contribution in [1.82, 2.24) is 0 Å². The summed E-state index contributed by atoms with van der Waals surface area (Å²) in [7, 11) is 2.76. The first kappa shape index (κ1) is 16.2. The zero-order valence-electron chi connectivity index (χ0n) is 13.8. The first-order valence-electron chi connectivity index (χ1n) is 8.42. The molecule has 1 aliphatic heterocycles. The second-order valence-corrected chi connectivity index (χ2v) is 6.67. The van der Waals surface area contributed by atoms with Crippen LogP contribution in [0, 0.1) is 0 Å². The van der Waals surface area contributed by atoms with Crippen molar-refractivity contribution in [3.63, 3.8) is 0 Å². The van der Waals surface area contributed by atoms with E-state index >= 15 is 0 Å². The van der Waals surface area contributed by atoms with Gasteiger partial charge in [0.15, 0.2) is 16.8 Å². The molecule has 0 fully saturated rings. The van der Waals surface area contributed by atoms with Crippen LogP contribution in [-0.4, -0.2) is 13.0 Å². The molecule has 0 N–H and O–H groups in total. The third kappa shape index (κ3) is 3.14. The Balaban J connectivity index is 1.71. The average molecular weight is 354 g/mol. The van der Waals surface area contributed by atoms with Crippen molar-refractivity contribution in [2.24, 2.45) is 0 Å². The van der Waals surface area contributed by atoms with Crippen LogP contribution < -0.4 is 14.9 Å². The van der Waals surface area contributed by atoms with E-state index in [9.17, 15) is 4.79 Å². The van der Waals surface area contributed by atoms with Crippen LogP contribution in [0.15, 0.2) is 51.7 Å². The summed E-state index contributed by atoms with van der Waals surface area (Å²) < 4.78 is 16.8. The van der Waals surface area contributed by atoms with Gasteiger partial charge in [0.25, 0.3) is 0 Å². The maximum absolute atomic E-state index is 12.5. The van der Waals surface area contributed by atoms with Gasteiger partial charge >= 0.3 is 0 Å². The molecular formula is C20H19O4P. The van der Waals surface area contributed by atoms with Gasteiger partial charge in [0.1, 0.15) is 5.76 Å².